The first-order valence-corrected chi connectivity index (χ1v) is 18.7. The summed E-state index contributed by atoms with van der Waals surface area (Å²) < 4.78 is 15.0. The number of para-hydroxylation sites is 2. The van der Waals surface area contributed by atoms with Crippen molar-refractivity contribution in [3.05, 3.63) is 134 Å². The maximum atomic E-state index is 6.48. The molecule has 0 spiro atoms. The van der Waals surface area contributed by atoms with Gasteiger partial charge in [-0.15, -0.1) is 30.3 Å². The Morgan fingerprint density at radius 1 is 0.688 bits per heavy atom. The molecule has 0 saturated carbocycles. The van der Waals surface area contributed by atoms with E-state index in [1.54, 1.807) is 0 Å². The van der Waals surface area contributed by atoms with Crippen LogP contribution < -0.4 is 20.0 Å². The molecule has 0 N–H and O–H groups in total. The van der Waals surface area contributed by atoms with Crippen molar-refractivity contribution in [3.63, 3.8) is 0 Å². The molecule has 1 aliphatic rings. The van der Waals surface area contributed by atoms with Crippen molar-refractivity contribution in [2.45, 2.75) is 13.1 Å². The third-order valence-corrected chi connectivity index (χ3v) is 13.0. The van der Waals surface area contributed by atoms with Gasteiger partial charge in [-0.05, 0) is 40.0 Å². The maximum Gasteiger partial charge on any atom is 2.00 e. The van der Waals surface area contributed by atoms with Crippen LogP contribution in [0.3, 0.4) is 0 Å². The van der Waals surface area contributed by atoms with Crippen molar-refractivity contribution < 1.29 is 29.6 Å². The molecule has 48 heavy (non-hydrogen) atoms. The number of pyridine rings is 2. The minimum absolute atomic E-state index is 0. The third kappa shape index (κ3) is 4.13. The second kappa shape index (κ2) is 10.6. The summed E-state index contributed by atoms with van der Waals surface area (Å²) in [5.74, 6) is 2.11. The summed E-state index contributed by atoms with van der Waals surface area (Å²) in [4.78, 5) is 11.8. The summed E-state index contributed by atoms with van der Waals surface area (Å²) in [7, 11) is -2.13. The smallest absolute Gasteiger partial charge is 0.503 e. The van der Waals surface area contributed by atoms with Gasteiger partial charge in [-0.1, -0.05) is 78.1 Å². The van der Waals surface area contributed by atoms with Crippen molar-refractivity contribution in [3.8, 4) is 11.5 Å². The van der Waals surface area contributed by atoms with Crippen LogP contribution in [0.15, 0.2) is 126 Å². The summed E-state index contributed by atoms with van der Waals surface area (Å²) in [6.07, 6.45) is 5.68. The van der Waals surface area contributed by atoms with Gasteiger partial charge < -0.3 is 18.5 Å². The molecule has 0 saturated heterocycles. The Hall–Kier alpha value is -5.26. The second-order valence-electron chi connectivity index (χ2n) is 12.6. The molecule has 0 fully saturated rings. The van der Waals surface area contributed by atoms with Crippen molar-refractivity contribution in [1.29, 1.82) is 0 Å². The van der Waals surface area contributed by atoms with Crippen molar-refractivity contribution in [1.82, 2.24) is 14.4 Å². The zero-order valence-corrected chi connectivity index (χ0v) is 28.5. The number of anilines is 3. The van der Waals surface area contributed by atoms with Crippen LogP contribution in [0.1, 0.15) is 0 Å². The van der Waals surface area contributed by atoms with Crippen molar-refractivity contribution in [2.24, 2.45) is 0 Å². The molecule has 232 valence electrons. The number of ether oxygens (including phenoxy) is 1. The molecule has 9 aromatic rings. The fourth-order valence-electron chi connectivity index (χ4n) is 7.29. The summed E-state index contributed by atoms with van der Waals surface area (Å²) in [5, 5.41) is 8.01. The summed E-state index contributed by atoms with van der Waals surface area (Å²) >= 11 is 0. The van der Waals surface area contributed by atoms with Gasteiger partial charge >= 0.3 is 20.4 Å². The topological polar surface area (TPSA) is 55.8 Å². The predicted octanol–water partition coefficient (Wildman–Crippen LogP) is 8.93. The van der Waals surface area contributed by atoms with Crippen molar-refractivity contribution in [2.75, 3.05) is 4.90 Å². The first-order valence-electron chi connectivity index (χ1n) is 15.7. The number of rotatable bonds is 3. The Kier molecular flexibility index (Phi) is 6.40. The minimum atomic E-state index is -2.13. The van der Waals surface area contributed by atoms with E-state index in [1.165, 1.54) is 10.4 Å². The third-order valence-electron chi connectivity index (χ3n) is 9.53. The van der Waals surface area contributed by atoms with Gasteiger partial charge in [-0.3, -0.25) is 4.98 Å². The molecule has 8 heteroatoms. The number of fused-ring (bicyclic) bond motifs is 11. The van der Waals surface area contributed by atoms with Crippen LogP contribution in [-0.2, 0) is 20.4 Å². The molecule has 0 atom stereocenters. The average molecular weight is 729 g/mol. The number of imidazole rings is 1. The van der Waals surface area contributed by atoms with E-state index in [2.05, 4.69) is 106 Å². The van der Waals surface area contributed by atoms with Crippen LogP contribution in [0.2, 0.25) is 13.1 Å². The van der Waals surface area contributed by atoms with Gasteiger partial charge in [0.05, 0.1) is 5.65 Å². The molecular weight excluding hydrogens is 703 g/mol. The predicted molar refractivity (Wildman–Crippen MR) is 191 cm³/mol. The van der Waals surface area contributed by atoms with E-state index in [0.29, 0.717) is 11.5 Å². The molecular formula is C40H26N4O2PdSi. The molecule has 5 aromatic carbocycles. The molecule has 1 aliphatic heterocycles. The SMILES string of the molecule is C[Si]1(C)c2cc3c(cc2N(c2[c-]c(Oc4[c-]c5c(cc4)c4ccccc4n4ccnc54)ccc2)c2ncccc21)oc1ccccc13.[Pd+2]. The van der Waals surface area contributed by atoms with Crippen LogP contribution in [0.5, 0.6) is 11.5 Å². The number of hydrogen-bond acceptors (Lipinski definition) is 5. The first-order chi connectivity index (χ1) is 23.0. The van der Waals surface area contributed by atoms with Gasteiger partial charge in [0, 0.05) is 58.1 Å². The van der Waals surface area contributed by atoms with E-state index < -0.39 is 8.07 Å². The van der Waals surface area contributed by atoms with Crippen LogP contribution in [-0.4, -0.2) is 22.4 Å². The van der Waals surface area contributed by atoms with Gasteiger partial charge in [-0.25, -0.2) is 4.98 Å². The van der Waals surface area contributed by atoms with E-state index in [9.17, 15) is 0 Å². The van der Waals surface area contributed by atoms with Crippen LogP contribution in [0, 0.1) is 12.1 Å². The van der Waals surface area contributed by atoms with Gasteiger partial charge in [0.25, 0.3) is 0 Å². The molecule has 10 rings (SSSR count). The van der Waals surface area contributed by atoms with Crippen molar-refractivity contribution >= 4 is 84.9 Å². The molecule has 4 aromatic heterocycles. The van der Waals surface area contributed by atoms with E-state index in [-0.39, 0.29) is 20.4 Å². The number of furan rings is 1. The molecule has 6 nitrogen and oxygen atoms in total. The normalized spacial score (nSPS) is 13.6. The molecule has 0 bridgehead atoms. The Bertz CT molecular complexity index is 2730. The number of benzene rings is 5. The Morgan fingerprint density at radius 3 is 2.44 bits per heavy atom. The van der Waals surface area contributed by atoms with Crippen LogP contribution in [0.4, 0.5) is 17.2 Å². The average Bonchev–Trinajstić information content (AvgIpc) is 3.74. The minimum Gasteiger partial charge on any atom is -0.503 e. The summed E-state index contributed by atoms with van der Waals surface area (Å²) in [5.41, 5.74) is 5.61. The largest absolute Gasteiger partial charge is 2.00 e. The van der Waals surface area contributed by atoms with Gasteiger partial charge in [0.2, 0.25) is 0 Å². The van der Waals surface area contributed by atoms with Crippen LogP contribution in [0.25, 0.3) is 49.3 Å². The standard InChI is InChI=1S/C40H26N4O2Si.Pd/c1-47(2)37-15-8-18-41-40(37)44(34-24-36-31(23-38(34)47)30-12-4-6-14-35(30)46-36)25-9-7-10-26(21-25)45-27-16-17-28-29-11-3-5-13-33(29)43-20-19-42-39(43)32(28)22-27;/h3-20,23-24H,1-2H3;/q-2;+2. The number of aromatic nitrogens is 3. The summed E-state index contributed by atoms with van der Waals surface area (Å²) in [6.45, 7) is 4.80. The summed E-state index contributed by atoms with van der Waals surface area (Å²) in [6, 6.07) is 42.5. The number of nitrogens with zero attached hydrogens (tertiary/aromatic N) is 4. The van der Waals surface area contributed by atoms with Crippen LogP contribution >= 0.6 is 0 Å². The van der Waals surface area contributed by atoms with Gasteiger partial charge in [0.1, 0.15) is 25.1 Å². The molecule has 0 aliphatic carbocycles. The Labute approximate surface area is 290 Å². The molecule has 0 amide bonds. The molecule has 5 heterocycles. The van der Waals surface area contributed by atoms with E-state index in [1.807, 2.05) is 55.0 Å². The van der Waals surface area contributed by atoms with Gasteiger partial charge in [0.15, 0.2) is 0 Å². The zero-order chi connectivity index (χ0) is 31.3. The molecule has 0 radical (unpaired) electrons. The van der Waals surface area contributed by atoms with E-state index >= 15 is 0 Å². The quantitative estimate of drug-likeness (QED) is 0.103. The first kappa shape index (κ1) is 28.9. The van der Waals surface area contributed by atoms with Gasteiger partial charge in [-0.2, -0.15) is 6.07 Å². The second-order valence-corrected chi connectivity index (χ2v) is 16.9. The fraction of sp³-hybridized carbons (Fsp3) is 0.0500. The Balaban J connectivity index is 0.00000314. The van der Waals surface area contributed by atoms with E-state index in [0.717, 1.165) is 66.5 Å². The fourth-order valence-corrected chi connectivity index (χ4v) is 10.2. The monoisotopic (exact) mass is 728 g/mol. The number of hydrogen-bond donors (Lipinski definition) is 0. The zero-order valence-electron chi connectivity index (χ0n) is 26.0. The maximum absolute atomic E-state index is 6.48. The molecule has 0 unspecified atom stereocenters. The Morgan fingerprint density at radius 2 is 1.52 bits per heavy atom. The van der Waals surface area contributed by atoms with E-state index in [4.69, 9.17) is 14.1 Å².